The smallest absolute Gasteiger partial charge is 0.375 e. The number of imide groups is 1. The minimum atomic E-state index is -0.713. The molecule has 3 rings (SSSR count). The van der Waals surface area contributed by atoms with Gasteiger partial charge in [-0.1, -0.05) is 15.9 Å². The molecule has 0 saturated carbocycles. The summed E-state index contributed by atoms with van der Waals surface area (Å²) in [5.74, 6) is -1.37. The van der Waals surface area contributed by atoms with Gasteiger partial charge in [-0.05, 0) is 31.5 Å². The van der Waals surface area contributed by atoms with Gasteiger partial charge in [0, 0.05) is 28.4 Å². The highest BCUT2D eigenvalue weighted by molar-refractivity contribution is 9.10. The van der Waals surface area contributed by atoms with Gasteiger partial charge in [0.05, 0.1) is 0 Å². The summed E-state index contributed by atoms with van der Waals surface area (Å²) in [7, 11) is 0. The van der Waals surface area contributed by atoms with E-state index in [1.54, 1.807) is 13.0 Å². The molecule has 0 aliphatic carbocycles. The summed E-state index contributed by atoms with van der Waals surface area (Å²) < 4.78 is 11.4. The molecule has 1 aromatic heterocycles. The largest absolute Gasteiger partial charge is 0.450 e. The van der Waals surface area contributed by atoms with Gasteiger partial charge in [0.1, 0.15) is 5.58 Å². The van der Waals surface area contributed by atoms with E-state index in [0.717, 1.165) is 14.8 Å². The van der Waals surface area contributed by atoms with E-state index >= 15 is 0 Å². The maximum Gasteiger partial charge on any atom is 0.375 e. The van der Waals surface area contributed by atoms with Crippen molar-refractivity contribution >= 4 is 44.7 Å². The van der Waals surface area contributed by atoms with Crippen LogP contribution in [0.15, 0.2) is 27.1 Å². The van der Waals surface area contributed by atoms with Crippen molar-refractivity contribution in [1.82, 2.24) is 4.90 Å². The molecule has 1 aliphatic rings. The summed E-state index contributed by atoms with van der Waals surface area (Å²) in [5.41, 5.74) is 1.22. The van der Waals surface area contributed by atoms with E-state index in [4.69, 9.17) is 9.15 Å². The summed E-state index contributed by atoms with van der Waals surface area (Å²) >= 11 is 3.37. The van der Waals surface area contributed by atoms with Crippen molar-refractivity contribution in [2.45, 2.75) is 19.8 Å². The van der Waals surface area contributed by atoms with Gasteiger partial charge in [-0.15, -0.1) is 0 Å². The maximum absolute atomic E-state index is 12.1. The van der Waals surface area contributed by atoms with Crippen LogP contribution in [0.25, 0.3) is 11.0 Å². The number of halogens is 1. The van der Waals surface area contributed by atoms with Gasteiger partial charge in [-0.25, -0.2) is 4.79 Å². The summed E-state index contributed by atoms with van der Waals surface area (Å²) in [6.45, 7) is 1.67. The fraction of sp³-hybridized carbons (Fsp3) is 0.312. The van der Waals surface area contributed by atoms with Crippen LogP contribution in [-0.2, 0) is 14.3 Å². The molecule has 2 amide bonds. The van der Waals surface area contributed by atoms with E-state index in [1.807, 2.05) is 12.1 Å². The lowest BCUT2D eigenvalue weighted by Crippen LogP contribution is -2.35. The molecular formula is C16H14BrNO5. The molecule has 0 N–H and O–H groups in total. The first-order valence-corrected chi connectivity index (χ1v) is 7.95. The van der Waals surface area contributed by atoms with Crippen LogP contribution < -0.4 is 0 Å². The highest BCUT2D eigenvalue weighted by Gasteiger charge is 2.28. The lowest BCUT2D eigenvalue weighted by atomic mass is 10.1. The SMILES string of the molecule is Cc1c(C(=O)OCC(=O)N2CCCC2=O)oc2ccc(Br)cc12. The summed E-state index contributed by atoms with van der Waals surface area (Å²) in [5, 5.41) is 0.798. The van der Waals surface area contributed by atoms with Crippen molar-refractivity contribution in [1.29, 1.82) is 0 Å². The van der Waals surface area contributed by atoms with Crippen LogP contribution >= 0.6 is 15.9 Å². The molecule has 0 radical (unpaired) electrons. The van der Waals surface area contributed by atoms with E-state index in [1.165, 1.54) is 0 Å². The molecule has 1 aliphatic heterocycles. The van der Waals surface area contributed by atoms with Crippen LogP contribution in [0.3, 0.4) is 0 Å². The molecule has 0 atom stereocenters. The lowest BCUT2D eigenvalue weighted by molar-refractivity contribution is -0.143. The third-order valence-corrected chi connectivity index (χ3v) is 4.28. The van der Waals surface area contributed by atoms with E-state index in [-0.39, 0.29) is 11.7 Å². The van der Waals surface area contributed by atoms with Crippen molar-refractivity contribution in [3.63, 3.8) is 0 Å². The fourth-order valence-corrected chi connectivity index (χ4v) is 2.93. The van der Waals surface area contributed by atoms with Gasteiger partial charge >= 0.3 is 5.97 Å². The molecule has 6 nitrogen and oxygen atoms in total. The number of hydrogen-bond acceptors (Lipinski definition) is 5. The summed E-state index contributed by atoms with van der Waals surface area (Å²) in [4.78, 5) is 36.6. The number of ether oxygens (including phenoxy) is 1. The molecule has 1 fully saturated rings. The Balaban J connectivity index is 1.72. The van der Waals surface area contributed by atoms with Gasteiger partial charge in [0.15, 0.2) is 6.61 Å². The molecule has 0 bridgehead atoms. The van der Waals surface area contributed by atoms with E-state index in [9.17, 15) is 14.4 Å². The number of nitrogens with zero attached hydrogens (tertiary/aromatic N) is 1. The highest BCUT2D eigenvalue weighted by Crippen LogP contribution is 2.28. The molecule has 0 unspecified atom stereocenters. The molecule has 7 heteroatoms. The maximum atomic E-state index is 12.1. The van der Waals surface area contributed by atoms with Crippen molar-refractivity contribution in [2.75, 3.05) is 13.2 Å². The van der Waals surface area contributed by atoms with Crippen molar-refractivity contribution in [3.05, 3.63) is 34.0 Å². The molecule has 120 valence electrons. The van der Waals surface area contributed by atoms with Crippen LogP contribution in [0.1, 0.15) is 29.0 Å². The van der Waals surface area contributed by atoms with Gasteiger partial charge in [0.25, 0.3) is 5.91 Å². The molecular weight excluding hydrogens is 366 g/mol. The van der Waals surface area contributed by atoms with Crippen LogP contribution in [0, 0.1) is 6.92 Å². The van der Waals surface area contributed by atoms with Crippen molar-refractivity contribution in [2.24, 2.45) is 0 Å². The van der Waals surface area contributed by atoms with E-state index < -0.39 is 18.5 Å². The fourth-order valence-electron chi connectivity index (χ4n) is 2.57. The average Bonchev–Trinajstić information content (AvgIpc) is 3.09. The minimum Gasteiger partial charge on any atom is -0.450 e. The Bertz CT molecular complexity index is 810. The van der Waals surface area contributed by atoms with E-state index in [0.29, 0.717) is 30.5 Å². The predicted molar refractivity (Wildman–Crippen MR) is 84.9 cm³/mol. The van der Waals surface area contributed by atoms with Crippen LogP contribution in [0.4, 0.5) is 0 Å². The number of hydrogen-bond donors (Lipinski definition) is 0. The third-order valence-electron chi connectivity index (χ3n) is 3.78. The molecule has 23 heavy (non-hydrogen) atoms. The van der Waals surface area contributed by atoms with Gasteiger partial charge in [0.2, 0.25) is 11.7 Å². The molecule has 1 aromatic carbocycles. The second-order valence-corrected chi connectivity index (χ2v) is 6.23. The zero-order chi connectivity index (χ0) is 16.6. The molecule has 0 spiro atoms. The average molecular weight is 380 g/mol. The second-order valence-electron chi connectivity index (χ2n) is 5.32. The highest BCUT2D eigenvalue weighted by atomic mass is 79.9. The monoisotopic (exact) mass is 379 g/mol. The number of carbonyl (C=O) groups is 3. The Morgan fingerprint density at radius 2 is 2.17 bits per heavy atom. The molecule has 1 saturated heterocycles. The quantitative estimate of drug-likeness (QED) is 0.766. The topological polar surface area (TPSA) is 76.8 Å². The summed E-state index contributed by atoms with van der Waals surface area (Å²) in [6, 6.07) is 5.40. The zero-order valence-electron chi connectivity index (χ0n) is 12.4. The van der Waals surface area contributed by atoms with Crippen LogP contribution in [-0.4, -0.2) is 35.8 Å². The van der Waals surface area contributed by atoms with Crippen LogP contribution in [0.2, 0.25) is 0 Å². The Kier molecular flexibility index (Phi) is 4.21. The van der Waals surface area contributed by atoms with Crippen molar-refractivity contribution < 1.29 is 23.5 Å². The first kappa shape index (κ1) is 15.7. The number of esters is 1. The standard InChI is InChI=1S/C16H14BrNO5/c1-9-11-7-10(17)4-5-12(11)23-15(9)16(21)22-8-14(20)18-6-2-3-13(18)19/h4-5,7H,2-3,6,8H2,1H3. The van der Waals surface area contributed by atoms with Gasteiger partial charge in [-0.2, -0.15) is 0 Å². The number of furan rings is 1. The Morgan fingerprint density at radius 1 is 1.39 bits per heavy atom. The number of rotatable bonds is 3. The Labute approximate surface area is 140 Å². The number of amides is 2. The molecule has 2 heterocycles. The second kappa shape index (κ2) is 6.16. The lowest BCUT2D eigenvalue weighted by Gasteiger charge is -2.12. The predicted octanol–water partition coefficient (Wildman–Crippen LogP) is 2.81. The summed E-state index contributed by atoms with van der Waals surface area (Å²) in [6.07, 6.45) is 1.01. The number of fused-ring (bicyclic) bond motifs is 1. The Hall–Kier alpha value is -2.15. The van der Waals surface area contributed by atoms with Gasteiger partial charge < -0.3 is 9.15 Å². The van der Waals surface area contributed by atoms with Gasteiger partial charge in [-0.3, -0.25) is 14.5 Å². The number of likely N-dealkylation sites (tertiary alicyclic amines) is 1. The Morgan fingerprint density at radius 3 is 2.87 bits per heavy atom. The van der Waals surface area contributed by atoms with Crippen LogP contribution in [0.5, 0.6) is 0 Å². The number of aryl methyl sites for hydroxylation is 1. The van der Waals surface area contributed by atoms with Crippen molar-refractivity contribution in [3.8, 4) is 0 Å². The first-order valence-electron chi connectivity index (χ1n) is 7.16. The first-order chi connectivity index (χ1) is 11.0. The zero-order valence-corrected chi connectivity index (χ0v) is 14.0. The molecule has 2 aromatic rings. The number of carbonyl (C=O) groups excluding carboxylic acids is 3. The number of benzene rings is 1. The minimum absolute atomic E-state index is 0.0682. The third kappa shape index (κ3) is 3.01. The van der Waals surface area contributed by atoms with E-state index in [2.05, 4.69) is 15.9 Å². The normalized spacial score (nSPS) is 14.5.